The lowest BCUT2D eigenvalue weighted by atomic mass is 9.76. The number of methoxy groups -OCH3 is 1. The van der Waals surface area contributed by atoms with Crippen molar-refractivity contribution < 1.29 is 9.53 Å². The summed E-state index contributed by atoms with van der Waals surface area (Å²) in [5.41, 5.74) is 3.70. The van der Waals surface area contributed by atoms with Gasteiger partial charge in [0.15, 0.2) is 0 Å². The first-order chi connectivity index (χ1) is 14.7. The molecule has 2 aromatic carbocycles. The minimum Gasteiger partial charge on any atom is -0.497 e. The van der Waals surface area contributed by atoms with Gasteiger partial charge in [0.2, 0.25) is 0 Å². The zero-order valence-corrected chi connectivity index (χ0v) is 17.9. The molecule has 0 radical (unpaired) electrons. The third-order valence-corrected chi connectivity index (χ3v) is 6.79. The van der Waals surface area contributed by atoms with Crippen LogP contribution in [0.4, 0.5) is 11.4 Å². The second-order valence-electron chi connectivity index (χ2n) is 8.64. The van der Waals surface area contributed by atoms with Gasteiger partial charge in [-0.25, -0.2) is 0 Å². The lowest BCUT2D eigenvalue weighted by Crippen LogP contribution is -2.41. The molecule has 4 rings (SSSR count). The van der Waals surface area contributed by atoms with Crippen LogP contribution in [0.1, 0.15) is 37.2 Å². The topological polar surface area (TPSA) is 53.6 Å². The van der Waals surface area contributed by atoms with Crippen LogP contribution in [0.5, 0.6) is 5.75 Å². The van der Waals surface area contributed by atoms with Crippen LogP contribution < -0.4 is 20.3 Å². The van der Waals surface area contributed by atoms with Crippen molar-refractivity contribution in [2.75, 3.05) is 50.1 Å². The van der Waals surface area contributed by atoms with Gasteiger partial charge >= 0.3 is 0 Å². The summed E-state index contributed by atoms with van der Waals surface area (Å²) in [6.45, 7) is 4.80. The van der Waals surface area contributed by atoms with Gasteiger partial charge < -0.3 is 25.1 Å². The molecule has 2 N–H and O–H groups in total. The predicted octanol–water partition coefficient (Wildman–Crippen LogP) is 4.06. The van der Waals surface area contributed by atoms with Gasteiger partial charge in [-0.2, -0.15) is 0 Å². The van der Waals surface area contributed by atoms with E-state index in [-0.39, 0.29) is 5.41 Å². The van der Waals surface area contributed by atoms with Crippen LogP contribution in [-0.4, -0.2) is 46.1 Å². The number of hydrogen-bond donors (Lipinski definition) is 2. The predicted molar refractivity (Wildman–Crippen MR) is 123 cm³/mol. The van der Waals surface area contributed by atoms with Crippen LogP contribution in [0, 0.1) is 5.41 Å². The van der Waals surface area contributed by atoms with E-state index in [4.69, 9.17) is 4.74 Å². The summed E-state index contributed by atoms with van der Waals surface area (Å²) in [6.07, 6.45) is 5.09. The first kappa shape index (κ1) is 20.7. The minimum atomic E-state index is -0.168. The molecule has 1 unspecified atom stereocenters. The van der Waals surface area contributed by atoms with Crippen molar-refractivity contribution >= 4 is 17.7 Å². The zero-order valence-electron chi connectivity index (χ0n) is 17.9. The Balaban J connectivity index is 1.21. The number of para-hydroxylation sites is 1. The largest absolute Gasteiger partial charge is 0.497 e. The quantitative estimate of drug-likeness (QED) is 0.485. The lowest BCUT2D eigenvalue weighted by molar-refractivity contribution is -0.117. The molecule has 0 bridgehead atoms. The molecular formula is C25H33N3O2. The summed E-state index contributed by atoms with van der Waals surface area (Å²) < 4.78 is 5.35. The van der Waals surface area contributed by atoms with E-state index >= 15 is 0 Å². The SMILES string of the molecule is COc1cccc(N2CCC(C=O)(CCCNCC3CNc4ccccc43)CC2)c1. The zero-order chi connectivity index (χ0) is 20.8. The van der Waals surface area contributed by atoms with Crippen molar-refractivity contribution in [3.63, 3.8) is 0 Å². The number of anilines is 2. The van der Waals surface area contributed by atoms with E-state index in [0.717, 1.165) is 64.2 Å². The molecule has 1 atom stereocenters. The molecular weight excluding hydrogens is 374 g/mol. The number of carbonyl (C=O) groups is 1. The first-order valence-electron chi connectivity index (χ1n) is 11.1. The van der Waals surface area contributed by atoms with Gasteiger partial charge in [-0.1, -0.05) is 24.3 Å². The molecule has 5 heteroatoms. The number of hydrogen-bond acceptors (Lipinski definition) is 5. The number of fused-ring (bicyclic) bond motifs is 1. The highest BCUT2D eigenvalue weighted by atomic mass is 16.5. The maximum atomic E-state index is 12.0. The molecule has 160 valence electrons. The van der Waals surface area contributed by atoms with Crippen LogP contribution in [0.3, 0.4) is 0 Å². The van der Waals surface area contributed by atoms with Gasteiger partial charge in [-0.15, -0.1) is 0 Å². The van der Waals surface area contributed by atoms with Crippen LogP contribution in [0.2, 0.25) is 0 Å². The second kappa shape index (κ2) is 9.52. The van der Waals surface area contributed by atoms with Gasteiger partial charge in [0.25, 0.3) is 0 Å². The first-order valence-corrected chi connectivity index (χ1v) is 11.1. The molecule has 1 saturated heterocycles. The monoisotopic (exact) mass is 407 g/mol. The number of nitrogens with zero attached hydrogens (tertiary/aromatic N) is 1. The molecule has 0 spiro atoms. The number of benzene rings is 2. The van der Waals surface area contributed by atoms with Gasteiger partial charge in [-0.3, -0.25) is 0 Å². The highest BCUT2D eigenvalue weighted by Gasteiger charge is 2.34. The molecule has 0 aliphatic carbocycles. The van der Waals surface area contributed by atoms with E-state index in [1.54, 1.807) is 7.11 Å². The van der Waals surface area contributed by atoms with E-state index in [2.05, 4.69) is 51.9 Å². The highest BCUT2D eigenvalue weighted by Crippen LogP contribution is 2.36. The smallest absolute Gasteiger partial charge is 0.126 e. The molecule has 2 aliphatic rings. The number of rotatable bonds is 9. The van der Waals surface area contributed by atoms with Crippen LogP contribution in [0.15, 0.2) is 48.5 Å². The van der Waals surface area contributed by atoms with Gasteiger partial charge in [0.1, 0.15) is 12.0 Å². The summed E-state index contributed by atoms with van der Waals surface area (Å²) in [7, 11) is 1.70. The Morgan fingerprint density at radius 3 is 2.83 bits per heavy atom. The fourth-order valence-electron chi connectivity index (χ4n) is 4.83. The highest BCUT2D eigenvalue weighted by molar-refractivity contribution is 5.61. The molecule has 0 amide bonds. The van der Waals surface area contributed by atoms with Crippen molar-refractivity contribution in [1.82, 2.24) is 5.32 Å². The fourth-order valence-corrected chi connectivity index (χ4v) is 4.83. The number of ether oxygens (including phenoxy) is 1. The average Bonchev–Trinajstić information content (AvgIpc) is 3.22. The van der Waals surface area contributed by atoms with Crippen molar-refractivity contribution in [3.8, 4) is 5.75 Å². The molecule has 30 heavy (non-hydrogen) atoms. The van der Waals surface area contributed by atoms with Crippen molar-refractivity contribution in [2.45, 2.75) is 31.6 Å². The summed E-state index contributed by atoms with van der Waals surface area (Å²) in [5.74, 6) is 1.42. The Hall–Kier alpha value is -2.53. The maximum absolute atomic E-state index is 12.0. The molecule has 1 fully saturated rings. The number of aldehydes is 1. The van der Waals surface area contributed by atoms with Crippen LogP contribution in [0.25, 0.3) is 0 Å². The van der Waals surface area contributed by atoms with Gasteiger partial charge in [-0.05, 0) is 56.0 Å². The Labute approximate surface area is 179 Å². The standard InChI is InChI=1S/C25H33N3O2/c1-30-22-7-4-6-21(16-22)28-14-11-25(19-29,12-15-28)10-5-13-26-17-20-18-27-24-9-3-2-8-23(20)24/h2-4,6-9,16,19-20,26-27H,5,10-15,17-18H2,1H3. The molecule has 2 aromatic rings. The van der Waals surface area contributed by atoms with E-state index in [1.165, 1.54) is 23.2 Å². The van der Waals surface area contributed by atoms with Crippen molar-refractivity contribution in [1.29, 1.82) is 0 Å². The van der Waals surface area contributed by atoms with E-state index in [1.807, 2.05) is 12.1 Å². The molecule has 0 saturated carbocycles. The molecule has 2 heterocycles. The van der Waals surface area contributed by atoms with E-state index < -0.39 is 0 Å². The number of piperidine rings is 1. The van der Waals surface area contributed by atoms with Crippen LogP contribution >= 0.6 is 0 Å². The normalized spacial score (nSPS) is 19.8. The third kappa shape index (κ3) is 4.62. The molecule has 0 aromatic heterocycles. The van der Waals surface area contributed by atoms with Crippen molar-refractivity contribution in [2.24, 2.45) is 5.41 Å². The second-order valence-corrected chi connectivity index (χ2v) is 8.64. The lowest BCUT2D eigenvalue weighted by Gasteiger charge is -2.39. The molecule has 2 aliphatic heterocycles. The summed E-state index contributed by atoms with van der Waals surface area (Å²) in [6, 6.07) is 16.8. The Morgan fingerprint density at radius 1 is 1.20 bits per heavy atom. The van der Waals surface area contributed by atoms with E-state index in [9.17, 15) is 4.79 Å². The minimum absolute atomic E-state index is 0.168. The summed E-state index contributed by atoms with van der Waals surface area (Å²) in [4.78, 5) is 14.3. The Morgan fingerprint density at radius 2 is 2.03 bits per heavy atom. The van der Waals surface area contributed by atoms with E-state index in [0.29, 0.717) is 5.92 Å². The maximum Gasteiger partial charge on any atom is 0.126 e. The van der Waals surface area contributed by atoms with Crippen LogP contribution in [-0.2, 0) is 4.79 Å². The summed E-state index contributed by atoms with van der Waals surface area (Å²) >= 11 is 0. The summed E-state index contributed by atoms with van der Waals surface area (Å²) in [5, 5.41) is 7.10. The van der Waals surface area contributed by atoms with Crippen molar-refractivity contribution in [3.05, 3.63) is 54.1 Å². The third-order valence-electron chi connectivity index (χ3n) is 6.79. The fraction of sp³-hybridized carbons (Fsp3) is 0.480. The van der Waals surface area contributed by atoms with Gasteiger partial charge in [0.05, 0.1) is 7.11 Å². The molecule has 5 nitrogen and oxygen atoms in total. The Bertz CT molecular complexity index is 846. The Kier molecular flexibility index (Phi) is 6.58. The average molecular weight is 408 g/mol. The number of nitrogens with one attached hydrogen (secondary N) is 2. The number of carbonyl (C=O) groups excluding carboxylic acids is 1. The van der Waals surface area contributed by atoms with Gasteiger partial charge in [0, 0.05) is 55.0 Å².